The number of fused-ring (bicyclic) bond motifs is 1. The maximum atomic E-state index is 12.8. The lowest BCUT2D eigenvalue weighted by molar-refractivity contribution is -0.123. The molecule has 2 aromatic carbocycles. The standard InChI is InChI=1S/C27H32N2O6/c1-2-19-7-3-4-9-24(19)34-17-23(30)20-11-12-25-22(15-20)29(27(32)18-35-25)13-5-10-26(31)28-16-21-8-6-14-33-21/h3-4,7,9,11-12,15,21H,2,5-6,8,10,13-14,16-18H2,1H3,(H,28,31)/t21-/m1/s1. The Labute approximate surface area is 205 Å². The summed E-state index contributed by atoms with van der Waals surface area (Å²) in [4.78, 5) is 39.2. The van der Waals surface area contributed by atoms with Crippen LogP contribution in [0, 0.1) is 0 Å². The van der Waals surface area contributed by atoms with Crippen molar-refractivity contribution in [2.24, 2.45) is 0 Å². The first kappa shape index (κ1) is 24.7. The molecular weight excluding hydrogens is 448 g/mol. The third-order valence-corrected chi connectivity index (χ3v) is 6.27. The number of Topliss-reactive ketones (excluding diaryl/α,β-unsaturated/α-hetero) is 1. The van der Waals surface area contributed by atoms with Crippen LogP contribution in [0.4, 0.5) is 5.69 Å². The van der Waals surface area contributed by atoms with Gasteiger partial charge in [-0.2, -0.15) is 0 Å². The highest BCUT2D eigenvalue weighted by Crippen LogP contribution is 2.33. The molecule has 186 valence electrons. The summed E-state index contributed by atoms with van der Waals surface area (Å²) in [6.07, 6.45) is 3.71. The van der Waals surface area contributed by atoms with Crippen molar-refractivity contribution in [3.63, 3.8) is 0 Å². The molecule has 8 nitrogen and oxygen atoms in total. The molecular formula is C27H32N2O6. The molecule has 0 unspecified atom stereocenters. The summed E-state index contributed by atoms with van der Waals surface area (Å²) in [7, 11) is 0. The Hall–Kier alpha value is -3.39. The summed E-state index contributed by atoms with van der Waals surface area (Å²) in [5.41, 5.74) is 2.02. The van der Waals surface area contributed by atoms with Crippen molar-refractivity contribution in [2.45, 2.75) is 45.1 Å². The van der Waals surface area contributed by atoms with Crippen LogP contribution in [0.5, 0.6) is 11.5 Å². The minimum absolute atomic E-state index is 0.0603. The van der Waals surface area contributed by atoms with Crippen LogP contribution in [-0.2, 0) is 20.7 Å². The topological polar surface area (TPSA) is 94.2 Å². The Morgan fingerprint density at radius 2 is 2.06 bits per heavy atom. The van der Waals surface area contributed by atoms with Crippen LogP contribution in [0.1, 0.15) is 48.5 Å². The molecule has 0 spiro atoms. The largest absolute Gasteiger partial charge is 0.485 e. The lowest BCUT2D eigenvalue weighted by Crippen LogP contribution is -2.40. The summed E-state index contributed by atoms with van der Waals surface area (Å²) < 4.78 is 16.9. The van der Waals surface area contributed by atoms with Crippen LogP contribution < -0.4 is 19.7 Å². The van der Waals surface area contributed by atoms with Gasteiger partial charge >= 0.3 is 0 Å². The fraction of sp³-hybridized carbons (Fsp3) is 0.444. The Morgan fingerprint density at radius 1 is 1.20 bits per heavy atom. The summed E-state index contributed by atoms with van der Waals surface area (Å²) >= 11 is 0. The van der Waals surface area contributed by atoms with Gasteiger partial charge in [-0.05, 0) is 55.5 Å². The van der Waals surface area contributed by atoms with Crippen LogP contribution in [0.25, 0.3) is 0 Å². The van der Waals surface area contributed by atoms with Gasteiger partial charge in [0, 0.05) is 31.7 Å². The van der Waals surface area contributed by atoms with Crippen molar-refractivity contribution in [1.82, 2.24) is 5.32 Å². The highest BCUT2D eigenvalue weighted by molar-refractivity contribution is 6.02. The summed E-state index contributed by atoms with van der Waals surface area (Å²) in [5, 5.41) is 2.90. The van der Waals surface area contributed by atoms with Crippen LogP contribution in [0.15, 0.2) is 42.5 Å². The lowest BCUT2D eigenvalue weighted by Gasteiger charge is -2.29. The number of ketones is 1. The number of amides is 2. The van der Waals surface area contributed by atoms with E-state index < -0.39 is 0 Å². The van der Waals surface area contributed by atoms with Crippen molar-refractivity contribution in [2.75, 3.05) is 37.8 Å². The van der Waals surface area contributed by atoms with E-state index in [2.05, 4.69) is 5.32 Å². The molecule has 4 rings (SSSR count). The van der Waals surface area contributed by atoms with E-state index in [-0.39, 0.29) is 36.9 Å². The zero-order valence-corrected chi connectivity index (χ0v) is 20.1. The van der Waals surface area contributed by atoms with Crippen LogP contribution in [-0.4, -0.2) is 56.6 Å². The molecule has 2 heterocycles. The summed E-state index contributed by atoms with van der Waals surface area (Å²) in [6.45, 7) is 3.50. The third kappa shape index (κ3) is 6.39. The first-order valence-electron chi connectivity index (χ1n) is 12.2. The number of benzene rings is 2. The molecule has 1 fully saturated rings. The Balaban J connectivity index is 1.34. The number of hydrogen-bond donors (Lipinski definition) is 1. The number of carbonyl (C=O) groups is 3. The molecule has 0 aliphatic carbocycles. The lowest BCUT2D eigenvalue weighted by atomic mass is 10.1. The third-order valence-electron chi connectivity index (χ3n) is 6.27. The number of nitrogens with zero attached hydrogens (tertiary/aromatic N) is 1. The van der Waals surface area contributed by atoms with Crippen LogP contribution in [0.2, 0.25) is 0 Å². The number of nitrogens with one attached hydrogen (secondary N) is 1. The molecule has 8 heteroatoms. The summed E-state index contributed by atoms with van der Waals surface area (Å²) in [6, 6.07) is 12.7. The molecule has 2 aliphatic heterocycles. The van der Waals surface area contributed by atoms with Gasteiger partial charge in [-0.3, -0.25) is 14.4 Å². The van der Waals surface area contributed by atoms with Gasteiger partial charge in [0.2, 0.25) is 5.91 Å². The van der Waals surface area contributed by atoms with Gasteiger partial charge in [0.25, 0.3) is 5.91 Å². The fourth-order valence-corrected chi connectivity index (χ4v) is 4.30. The molecule has 2 aliphatic rings. The zero-order chi connectivity index (χ0) is 24.6. The highest BCUT2D eigenvalue weighted by atomic mass is 16.5. The average molecular weight is 481 g/mol. The Kier molecular flexibility index (Phi) is 8.36. The van der Waals surface area contributed by atoms with E-state index in [0.717, 1.165) is 31.4 Å². The average Bonchev–Trinajstić information content (AvgIpc) is 3.41. The van der Waals surface area contributed by atoms with Gasteiger partial charge < -0.3 is 24.4 Å². The highest BCUT2D eigenvalue weighted by Gasteiger charge is 2.26. The van der Waals surface area contributed by atoms with Crippen molar-refractivity contribution >= 4 is 23.3 Å². The fourth-order valence-electron chi connectivity index (χ4n) is 4.30. The van der Waals surface area contributed by atoms with Crippen molar-refractivity contribution in [1.29, 1.82) is 0 Å². The molecule has 0 saturated carbocycles. The molecule has 1 N–H and O–H groups in total. The van der Waals surface area contributed by atoms with E-state index in [1.807, 2.05) is 31.2 Å². The van der Waals surface area contributed by atoms with Crippen molar-refractivity contribution in [3.05, 3.63) is 53.6 Å². The van der Waals surface area contributed by atoms with Crippen molar-refractivity contribution < 1.29 is 28.6 Å². The van der Waals surface area contributed by atoms with Crippen molar-refractivity contribution in [3.8, 4) is 11.5 Å². The summed E-state index contributed by atoms with van der Waals surface area (Å²) in [5.74, 6) is 0.787. The smallest absolute Gasteiger partial charge is 0.265 e. The molecule has 0 bridgehead atoms. The number of rotatable bonds is 11. The molecule has 1 saturated heterocycles. The Morgan fingerprint density at radius 3 is 2.86 bits per heavy atom. The predicted molar refractivity (Wildman–Crippen MR) is 131 cm³/mol. The first-order chi connectivity index (χ1) is 17.0. The predicted octanol–water partition coefficient (Wildman–Crippen LogP) is 3.31. The number of carbonyl (C=O) groups excluding carboxylic acids is 3. The van der Waals surface area contributed by atoms with Gasteiger partial charge in [-0.15, -0.1) is 0 Å². The second-order valence-electron chi connectivity index (χ2n) is 8.73. The van der Waals surface area contributed by atoms with E-state index in [9.17, 15) is 14.4 Å². The van der Waals surface area contributed by atoms with Gasteiger partial charge in [0.05, 0.1) is 11.8 Å². The number of anilines is 1. The van der Waals surface area contributed by atoms with E-state index in [1.54, 1.807) is 23.1 Å². The Bertz CT molecular complexity index is 1060. The maximum absolute atomic E-state index is 12.8. The van der Waals surface area contributed by atoms with E-state index >= 15 is 0 Å². The SMILES string of the molecule is CCc1ccccc1OCC(=O)c1ccc2c(c1)N(CCCC(=O)NC[C@H]1CCCO1)C(=O)CO2. The maximum Gasteiger partial charge on any atom is 0.265 e. The van der Waals surface area contributed by atoms with Gasteiger partial charge in [0.15, 0.2) is 19.0 Å². The molecule has 2 aromatic rings. The van der Waals surface area contributed by atoms with E-state index in [1.165, 1.54) is 0 Å². The minimum atomic E-state index is -0.199. The normalized spacial score (nSPS) is 17.0. The molecule has 1 atom stereocenters. The molecule has 0 radical (unpaired) electrons. The minimum Gasteiger partial charge on any atom is -0.485 e. The van der Waals surface area contributed by atoms with Gasteiger partial charge in [-0.1, -0.05) is 25.1 Å². The van der Waals surface area contributed by atoms with E-state index in [0.29, 0.717) is 48.7 Å². The number of ether oxygens (including phenoxy) is 3. The number of para-hydroxylation sites is 1. The second-order valence-corrected chi connectivity index (χ2v) is 8.73. The van der Waals surface area contributed by atoms with Crippen LogP contribution in [0.3, 0.4) is 0 Å². The first-order valence-corrected chi connectivity index (χ1v) is 12.2. The van der Waals surface area contributed by atoms with Crippen LogP contribution >= 0.6 is 0 Å². The van der Waals surface area contributed by atoms with Gasteiger partial charge in [0.1, 0.15) is 11.5 Å². The molecule has 0 aromatic heterocycles. The van der Waals surface area contributed by atoms with E-state index in [4.69, 9.17) is 14.2 Å². The number of hydrogen-bond acceptors (Lipinski definition) is 6. The monoisotopic (exact) mass is 480 g/mol. The number of aryl methyl sites for hydroxylation is 1. The molecule has 2 amide bonds. The zero-order valence-electron chi connectivity index (χ0n) is 20.1. The second kappa shape index (κ2) is 11.8. The molecule has 35 heavy (non-hydrogen) atoms. The van der Waals surface area contributed by atoms with Gasteiger partial charge in [-0.25, -0.2) is 0 Å². The quantitative estimate of drug-likeness (QED) is 0.496.